The smallest absolute Gasteiger partial charge is 0.317 e. The number of quaternary nitrogens is 1. The average molecular weight is 525 g/mol. The standard InChI is InChI=1S/C34H54NO3/c1-6-7-8-9-10-11-12-13-14-15-17-21-31-24-20-25-33(26-31)37-30(3)38-34(36)29(2)27-35(4,5)28-32-22-18-16-19-23-32/h16,18-20,22-26,29-30H,6-15,17,21,27-28H2,1-5H3/q+1. The SMILES string of the molecule is CCCCCCCCCCCCCc1cccc(OC(C)OC(=O)C(C)C[N+](C)(C)Cc2ccccc2)c1. The molecule has 4 nitrogen and oxygen atoms in total. The fourth-order valence-corrected chi connectivity index (χ4v) is 5.22. The first-order chi connectivity index (χ1) is 18.3. The summed E-state index contributed by atoms with van der Waals surface area (Å²) in [6.07, 6.45) is 15.4. The lowest BCUT2D eigenvalue weighted by atomic mass is 10.0. The molecule has 0 spiro atoms. The Hall–Kier alpha value is -2.33. The lowest BCUT2D eigenvalue weighted by Crippen LogP contribution is -2.44. The number of rotatable bonds is 20. The Bertz CT molecular complexity index is 896. The van der Waals surface area contributed by atoms with Crippen LogP contribution in [-0.2, 0) is 22.5 Å². The van der Waals surface area contributed by atoms with Gasteiger partial charge in [-0.05, 0) is 37.5 Å². The first-order valence-corrected chi connectivity index (χ1v) is 15.1. The van der Waals surface area contributed by atoms with Crippen LogP contribution in [0.15, 0.2) is 54.6 Å². The number of carbonyl (C=O) groups excluding carboxylic acids is 1. The number of hydrogen-bond acceptors (Lipinski definition) is 3. The Balaban J connectivity index is 1.65. The topological polar surface area (TPSA) is 35.5 Å². The molecule has 2 atom stereocenters. The molecule has 0 aliphatic rings. The molecule has 0 bridgehead atoms. The molecule has 0 amide bonds. The first kappa shape index (κ1) is 31.9. The largest absolute Gasteiger partial charge is 0.455 e. The van der Waals surface area contributed by atoms with Crippen LogP contribution in [-0.4, -0.2) is 37.4 Å². The molecule has 2 rings (SSSR count). The molecule has 0 aliphatic carbocycles. The molecule has 38 heavy (non-hydrogen) atoms. The minimum Gasteiger partial charge on any atom is -0.455 e. The molecule has 4 heteroatoms. The van der Waals surface area contributed by atoms with E-state index in [0.717, 1.165) is 23.2 Å². The molecule has 2 aromatic carbocycles. The molecule has 212 valence electrons. The highest BCUT2D eigenvalue weighted by molar-refractivity contribution is 5.72. The number of aryl methyl sites for hydroxylation is 1. The minimum absolute atomic E-state index is 0.214. The van der Waals surface area contributed by atoms with E-state index in [1.165, 1.54) is 81.8 Å². The third kappa shape index (κ3) is 14.0. The van der Waals surface area contributed by atoms with Gasteiger partial charge in [0.05, 0.1) is 20.6 Å². The Morgan fingerprint density at radius 1 is 0.763 bits per heavy atom. The third-order valence-corrected chi connectivity index (χ3v) is 7.18. The molecule has 0 N–H and O–H groups in total. The van der Waals surface area contributed by atoms with Gasteiger partial charge in [-0.3, -0.25) is 4.79 Å². The summed E-state index contributed by atoms with van der Waals surface area (Å²) in [5.74, 6) is 0.333. The Morgan fingerprint density at radius 2 is 1.34 bits per heavy atom. The highest BCUT2D eigenvalue weighted by atomic mass is 16.7. The van der Waals surface area contributed by atoms with E-state index < -0.39 is 6.29 Å². The van der Waals surface area contributed by atoms with E-state index in [0.29, 0.717) is 6.54 Å². The van der Waals surface area contributed by atoms with Gasteiger partial charge in [-0.15, -0.1) is 0 Å². The van der Waals surface area contributed by atoms with Crippen molar-refractivity contribution < 1.29 is 18.8 Å². The van der Waals surface area contributed by atoms with E-state index in [1.54, 1.807) is 6.92 Å². The molecule has 0 aromatic heterocycles. The van der Waals surface area contributed by atoms with Crippen LogP contribution in [0.3, 0.4) is 0 Å². The molecule has 0 saturated heterocycles. The number of esters is 1. The van der Waals surface area contributed by atoms with Gasteiger partial charge < -0.3 is 14.0 Å². The Labute approximate surface area is 233 Å². The van der Waals surface area contributed by atoms with E-state index in [1.807, 2.05) is 25.1 Å². The summed E-state index contributed by atoms with van der Waals surface area (Å²) in [5, 5.41) is 0. The van der Waals surface area contributed by atoms with Crippen molar-refractivity contribution in [1.82, 2.24) is 0 Å². The van der Waals surface area contributed by atoms with Crippen molar-refractivity contribution in [2.24, 2.45) is 5.92 Å². The number of unbranched alkanes of at least 4 members (excludes halogenated alkanes) is 10. The zero-order valence-corrected chi connectivity index (χ0v) is 24.9. The number of ether oxygens (including phenoxy) is 2. The number of benzene rings is 2. The van der Waals surface area contributed by atoms with Crippen molar-refractivity contribution in [3.05, 3.63) is 65.7 Å². The van der Waals surface area contributed by atoms with Crippen molar-refractivity contribution in [3.63, 3.8) is 0 Å². The van der Waals surface area contributed by atoms with Gasteiger partial charge in [-0.2, -0.15) is 0 Å². The second-order valence-electron chi connectivity index (χ2n) is 11.7. The highest BCUT2D eigenvalue weighted by Crippen LogP contribution is 2.19. The summed E-state index contributed by atoms with van der Waals surface area (Å²) >= 11 is 0. The molecule has 2 unspecified atom stereocenters. The van der Waals surface area contributed by atoms with E-state index in [4.69, 9.17) is 9.47 Å². The van der Waals surface area contributed by atoms with Crippen molar-refractivity contribution in [3.8, 4) is 5.75 Å². The van der Waals surface area contributed by atoms with Gasteiger partial charge in [0.2, 0.25) is 6.29 Å². The predicted molar refractivity (Wildman–Crippen MR) is 159 cm³/mol. The van der Waals surface area contributed by atoms with Crippen LogP contribution in [0.5, 0.6) is 5.75 Å². The number of hydrogen-bond donors (Lipinski definition) is 0. The van der Waals surface area contributed by atoms with Crippen LogP contribution >= 0.6 is 0 Å². The van der Waals surface area contributed by atoms with E-state index in [9.17, 15) is 4.79 Å². The third-order valence-electron chi connectivity index (χ3n) is 7.18. The van der Waals surface area contributed by atoms with E-state index in [2.05, 4.69) is 57.4 Å². The quantitative estimate of drug-likeness (QED) is 0.0752. The van der Waals surface area contributed by atoms with Gasteiger partial charge in [0, 0.05) is 12.5 Å². The second-order valence-corrected chi connectivity index (χ2v) is 11.7. The highest BCUT2D eigenvalue weighted by Gasteiger charge is 2.27. The second kappa shape index (κ2) is 18.0. The molecule has 0 radical (unpaired) electrons. The van der Waals surface area contributed by atoms with E-state index in [-0.39, 0.29) is 11.9 Å². The summed E-state index contributed by atoms with van der Waals surface area (Å²) in [6.45, 7) is 7.59. The van der Waals surface area contributed by atoms with Crippen LogP contribution < -0.4 is 4.74 Å². The maximum atomic E-state index is 12.8. The maximum absolute atomic E-state index is 12.8. The fourth-order valence-electron chi connectivity index (χ4n) is 5.22. The van der Waals surface area contributed by atoms with Crippen molar-refractivity contribution in [2.75, 3.05) is 20.6 Å². The van der Waals surface area contributed by atoms with Crippen LogP contribution in [0.2, 0.25) is 0 Å². The lowest BCUT2D eigenvalue weighted by molar-refractivity contribution is -0.905. The molecule has 0 heterocycles. The minimum atomic E-state index is -0.619. The Morgan fingerprint density at radius 3 is 1.97 bits per heavy atom. The molecule has 2 aromatic rings. The summed E-state index contributed by atoms with van der Waals surface area (Å²) in [4.78, 5) is 12.8. The van der Waals surface area contributed by atoms with Gasteiger partial charge in [-0.1, -0.05) is 114 Å². The van der Waals surface area contributed by atoms with Crippen LogP contribution in [0, 0.1) is 5.92 Å². The molecule has 0 fully saturated rings. The zero-order chi connectivity index (χ0) is 27.6. The summed E-state index contributed by atoms with van der Waals surface area (Å²) in [6, 6.07) is 18.6. The summed E-state index contributed by atoms with van der Waals surface area (Å²) < 4.78 is 12.3. The fraction of sp³-hybridized carbons (Fsp3) is 0.618. The molecular formula is C34H54NO3+. The van der Waals surface area contributed by atoms with E-state index >= 15 is 0 Å². The summed E-state index contributed by atoms with van der Waals surface area (Å²) in [5.41, 5.74) is 2.55. The van der Waals surface area contributed by atoms with Crippen LogP contribution in [0.1, 0.15) is 103 Å². The predicted octanol–water partition coefficient (Wildman–Crippen LogP) is 8.72. The van der Waals surface area contributed by atoms with Crippen molar-refractivity contribution in [1.29, 1.82) is 0 Å². The maximum Gasteiger partial charge on any atom is 0.317 e. The van der Waals surface area contributed by atoms with Crippen molar-refractivity contribution >= 4 is 5.97 Å². The normalized spacial score (nSPS) is 13.2. The van der Waals surface area contributed by atoms with Gasteiger partial charge in [0.15, 0.2) is 0 Å². The van der Waals surface area contributed by atoms with Crippen LogP contribution in [0.25, 0.3) is 0 Å². The Kier molecular flexibility index (Phi) is 15.1. The zero-order valence-electron chi connectivity index (χ0n) is 24.9. The molecule has 0 aliphatic heterocycles. The first-order valence-electron chi connectivity index (χ1n) is 15.1. The van der Waals surface area contributed by atoms with Crippen LogP contribution in [0.4, 0.5) is 0 Å². The van der Waals surface area contributed by atoms with Gasteiger partial charge in [0.1, 0.15) is 18.2 Å². The van der Waals surface area contributed by atoms with Gasteiger partial charge in [0.25, 0.3) is 0 Å². The summed E-state index contributed by atoms with van der Waals surface area (Å²) in [7, 11) is 4.30. The monoisotopic (exact) mass is 524 g/mol. The lowest BCUT2D eigenvalue weighted by Gasteiger charge is -2.32. The van der Waals surface area contributed by atoms with Gasteiger partial charge >= 0.3 is 5.97 Å². The van der Waals surface area contributed by atoms with Crippen molar-refractivity contribution in [2.45, 2.75) is 111 Å². The molecule has 0 saturated carbocycles. The number of nitrogens with zero attached hydrogens (tertiary/aromatic N) is 1. The average Bonchev–Trinajstić information content (AvgIpc) is 2.87. The number of carbonyl (C=O) groups is 1. The molecular weight excluding hydrogens is 470 g/mol. The van der Waals surface area contributed by atoms with Gasteiger partial charge in [-0.25, -0.2) is 0 Å².